The van der Waals surface area contributed by atoms with Crippen molar-refractivity contribution in [2.45, 2.75) is 19.4 Å². The molecule has 2 heteroatoms. The fourth-order valence-electron chi connectivity index (χ4n) is 0.438. The molecule has 56 valence electrons. The summed E-state index contributed by atoms with van der Waals surface area (Å²) in [5, 5.41) is 8.95. The molecular weight excluding hydrogens is 128 g/mol. The normalized spacial score (nSPS) is 14.6. The van der Waals surface area contributed by atoms with E-state index in [0.29, 0.717) is 12.7 Å². The number of allylic oxidation sites excluding steroid dienone is 3. The number of carbonyl (C=O) groups excluding carboxylic acids is 1. The molecule has 0 aromatic heterocycles. The van der Waals surface area contributed by atoms with E-state index in [2.05, 4.69) is 0 Å². The van der Waals surface area contributed by atoms with Crippen molar-refractivity contribution in [3.05, 3.63) is 24.3 Å². The quantitative estimate of drug-likeness (QED) is 0.360. The van der Waals surface area contributed by atoms with Crippen LogP contribution in [-0.2, 0) is 4.79 Å². The topological polar surface area (TPSA) is 37.3 Å². The number of rotatable bonds is 4. The second-order valence-electron chi connectivity index (χ2n) is 1.88. The Morgan fingerprint density at radius 1 is 1.40 bits per heavy atom. The fraction of sp³-hybridized carbons (Fsp3) is 0.375. The van der Waals surface area contributed by atoms with Gasteiger partial charge >= 0.3 is 0 Å². The Kier molecular flexibility index (Phi) is 5.68. The second kappa shape index (κ2) is 6.23. The first-order valence-electron chi connectivity index (χ1n) is 3.28. The van der Waals surface area contributed by atoms with Gasteiger partial charge in [0.2, 0.25) is 0 Å². The molecule has 0 heterocycles. The van der Waals surface area contributed by atoms with Crippen LogP contribution < -0.4 is 0 Å². The van der Waals surface area contributed by atoms with Gasteiger partial charge in [0.15, 0.2) is 0 Å². The van der Waals surface area contributed by atoms with Crippen LogP contribution in [0.2, 0.25) is 0 Å². The van der Waals surface area contributed by atoms with Gasteiger partial charge in [0.1, 0.15) is 6.29 Å². The Hall–Kier alpha value is -0.890. The SMILES string of the molecule is CC[C@H](O)/C=C/C=C/C=O. The first-order chi connectivity index (χ1) is 4.81. The summed E-state index contributed by atoms with van der Waals surface area (Å²) in [6.45, 7) is 1.89. The van der Waals surface area contributed by atoms with Crippen molar-refractivity contribution in [1.29, 1.82) is 0 Å². The minimum absolute atomic E-state index is 0.392. The van der Waals surface area contributed by atoms with Crippen molar-refractivity contribution in [1.82, 2.24) is 0 Å². The van der Waals surface area contributed by atoms with Crippen LogP contribution in [0.1, 0.15) is 13.3 Å². The molecule has 0 unspecified atom stereocenters. The van der Waals surface area contributed by atoms with Gasteiger partial charge in [-0.1, -0.05) is 25.2 Å². The molecule has 0 fully saturated rings. The lowest BCUT2D eigenvalue weighted by Gasteiger charge is -1.95. The fourth-order valence-corrected chi connectivity index (χ4v) is 0.438. The largest absolute Gasteiger partial charge is 0.389 e. The minimum Gasteiger partial charge on any atom is -0.389 e. The first kappa shape index (κ1) is 9.11. The third-order valence-electron chi connectivity index (χ3n) is 1.05. The average molecular weight is 140 g/mol. The molecule has 2 nitrogen and oxygen atoms in total. The van der Waals surface area contributed by atoms with E-state index in [1.54, 1.807) is 18.2 Å². The van der Waals surface area contributed by atoms with Gasteiger partial charge in [0.25, 0.3) is 0 Å². The smallest absolute Gasteiger partial charge is 0.142 e. The van der Waals surface area contributed by atoms with Crippen molar-refractivity contribution in [2.24, 2.45) is 0 Å². The summed E-state index contributed by atoms with van der Waals surface area (Å²) in [4.78, 5) is 9.74. The molecule has 0 amide bonds. The number of carbonyl (C=O) groups is 1. The lowest BCUT2D eigenvalue weighted by Crippen LogP contribution is -1.97. The van der Waals surface area contributed by atoms with Crippen LogP contribution in [0.3, 0.4) is 0 Å². The summed E-state index contributed by atoms with van der Waals surface area (Å²) in [6, 6.07) is 0. The average Bonchev–Trinajstić information content (AvgIpc) is 1.98. The lowest BCUT2D eigenvalue weighted by atomic mass is 10.2. The monoisotopic (exact) mass is 140 g/mol. The van der Waals surface area contributed by atoms with E-state index < -0.39 is 6.10 Å². The predicted octanol–water partition coefficient (Wildman–Crippen LogP) is 1.07. The van der Waals surface area contributed by atoms with Crippen LogP contribution in [0.15, 0.2) is 24.3 Å². The first-order valence-corrected chi connectivity index (χ1v) is 3.28. The Balaban J connectivity index is 3.54. The summed E-state index contributed by atoms with van der Waals surface area (Å²) in [7, 11) is 0. The third-order valence-corrected chi connectivity index (χ3v) is 1.05. The highest BCUT2D eigenvalue weighted by Crippen LogP contribution is 1.90. The number of aliphatic hydroxyl groups excluding tert-OH is 1. The molecule has 0 aromatic rings. The molecular formula is C8H12O2. The third kappa shape index (κ3) is 5.25. The van der Waals surface area contributed by atoms with Gasteiger partial charge in [0, 0.05) is 0 Å². The maximum atomic E-state index is 9.74. The van der Waals surface area contributed by atoms with Gasteiger partial charge in [-0.15, -0.1) is 0 Å². The van der Waals surface area contributed by atoms with Crippen LogP contribution in [0.4, 0.5) is 0 Å². The van der Waals surface area contributed by atoms with Crippen LogP contribution in [-0.4, -0.2) is 17.5 Å². The Bertz CT molecular complexity index is 136. The summed E-state index contributed by atoms with van der Waals surface area (Å²) in [5.74, 6) is 0. The van der Waals surface area contributed by atoms with Crippen molar-refractivity contribution < 1.29 is 9.90 Å². The van der Waals surface area contributed by atoms with E-state index in [-0.39, 0.29) is 0 Å². The zero-order chi connectivity index (χ0) is 7.82. The maximum Gasteiger partial charge on any atom is 0.142 e. The highest BCUT2D eigenvalue weighted by molar-refractivity contribution is 5.65. The van der Waals surface area contributed by atoms with Gasteiger partial charge in [-0.05, 0) is 12.5 Å². The summed E-state index contributed by atoms with van der Waals surface area (Å²) in [6.07, 6.45) is 7.26. The van der Waals surface area contributed by atoms with Crippen LogP contribution in [0, 0.1) is 0 Å². The molecule has 0 saturated heterocycles. The van der Waals surface area contributed by atoms with Crippen molar-refractivity contribution in [3.63, 3.8) is 0 Å². The number of hydrogen-bond acceptors (Lipinski definition) is 2. The predicted molar refractivity (Wildman–Crippen MR) is 40.6 cm³/mol. The Morgan fingerprint density at radius 3 is 2.60 bits per heavy atom. The summed E-state index contributed by atoms with van der Waals surface area (Å²) in [5.41, 5.74) is 0. The summed E-state index contributed by atoms with van der Waals surface area (Å²) < 4.78 is 0. The lowest BCUT2D eigenvalue weighted by molar-refractivity contribution is -0.104. The number of aldehydes is 1. The van der Waals surface area contributed by atoms with E-state index in [9.17, 15) is 4.79 Å². The van der Waals surface area contributed by atoms with Gasteiger partial charge in [-0.2, -0.15) is 0 Å². The van der Waals surface area contributed by atoms with E-state index in [4.69, 9.17) is 5.11 Å². The molecule has 0 spiro atoms. The molecule has 0 rings (SSSR count). The standard InChI is InChI=1S/C8H12O2/c1-2-8(10)6-4-3-5-7-9/h3-8,10H,2H2,1H3/b5-3+,6-4+/t8-/m0/s1. The zero-order valence-corrected chi connectivity index (χ0v) is 6.03. The molecule has 0 aliphatic rings. The Morgan fingerprint density at radius 2 is 2.10 bits per heavy atom. The number of hydrogen-bond donors (Lipinski definition) is 1. The molecule has 1 atom stereocenters. The van der Waals surface area contributed by atoms with E-state index in [1.165, 1.54) is 6.08 Å². The second-order valence-corrected chi connectivity index (χ2v) is 1.88. The maximum absolute atomic E-state index is 9.74. The zero-order valence-electron chi connectivity index (χ0n) is 6.03. The summed E-state index contributed by atoms with van der Waals surface area (Å²) >= 11 is 0. The highest BCUT2D eigenvalue weighted by Gasteiger charge is 1.88. The van der Waals surface area contributed by atoms with Crippen LogP contribution in [0.25, 0.3) is 0 Å². The molecule has 10 heavy (non-hydrogen) atoms. The highest BCUT2D eigenvalue weighted by atomic mass is 16.3. The van der Waals surface area contributed by atoms with Gasteiger partial charge in [0.05, 0.1) is 6.10 Å². The molecule has 1 N–H and O–H groups in total. The molecule has 0 aliphatic carbocycles. The van der Waals surface area contributed by atoms with Crippen LogP contribution in [0.5, 0.6) is 0 Å². The van der Waals surface area contributed by atoms with E-state index in [1.807, 2.05) is 6.92 Å². The molecule has 0 saturated carbocycles. The van der Waals surface area contributed by atoms with E-state index in [0.717, 1.165) is 0 Å². The van der Waals surface area contributed by atoms with Crippen LogP contribution >= 0.6 is 0 Å². The molecule has 0 aromatic carbocycles. The minimum atomic E-state index is -0.392. The van der Waals surface area contributed by atoms with Gasteiger partial charge < -0.3 is 5.11 Å². The molecule has 0 radical (unpaired) electrons. The number of aliphatic hydroxyl groups is 1. The van der Waals surface area contributed by atoms with Crippen molar-refractivity contribution >= 4 is 6.29 Å². The van der Waals surface area contributed by atoms with Gasteiger partial charge in [-0.3, -0.25) is 4.79 Å². The Labute approximate surface area is 60.9 Å². The molecule has 0 bridgehead atoms. The van der Waals surface area contributed by atoms with Crippen molar-refractivity contribution in [2.75, 3.05) is 0 Å². The van der Waals surface area contributed by atoms with Crippen molar-refractivity contribution in [3.8, 4) is 0 Å². The van der Waals surface area contributed by atoms with E-state index >= 15 is 0 Å². The molecule has 0 aliphatic heterocycles. The van der Waals surface area contributed by atoms with Gasteiger partial charge in [-0.25, -0.2) is 0 Å².